The molecular formula is C7H10N4O2. The van der Waals surface area contributed by atoms with Gasteiger partial charge < -0.3 is 10.5 Å². The molecule has 4 N–H and O–H groups in total. The number of rotatable bonds is 3. The number of esters is 1. The summed E-state index contributed by atoms with van der Waals surface area (Å²) in [6.45, 7) is 0. The molecule has 0 aliphatic heterocycles. The minimum absolute atomic E-state index is 0.0217. The van der Waals surface area contributed by atoms with E-state index in [0.717, 1.165) is 0 Å². The lowest BCUT2D eigenvalue weighted by Gasteiger charge is -1.98. The van der Waals surface area contributed by atoms with Gasteiger partial charge in [0.25, 0.3) is 0 Å². The second-order valence-corrected chi connectivity index (χ2v) is 2.46. The molecular weight excluding hydrogens is 172 g/mol. The van der Waals surface area contributed by atoms with Crippen LogP contribution in [-0.4, -0.2) is 29.1 Å². The Morgan fingerprint density at radius 3 is 3.08 bits per heavy atom. The van der Waals surface area contributed by atoms with Crippen molar-refractivity contribution in [3.8, 4) is 0 Å². The van der Waals surface area contributed by atoms with Crippen molar-refractivity contribution in [1.29, 1.82) is 5.41 Å². The van der Waals surface area contributed by atoms with Crippen molar-refractivity contribution in [2.75, 3.05) is 7.11 Å². The van der Waals surface area contributed by atoms with Gasteiger partial charge in [0.15, 0.2) is 0 Å². The fourth-order valence-corrected chi connectivity index (χ4v) is 0.929. The molecule has 0 saturated heterocycles. The number of amidine groups is 1. The standard InChI is InChI=1S/C7H10N4O2/c1-13-7(12)6-4(2-5(8)9)3-10-11-6/h3H,2H2,1H3,(H3,8,9)(H,10,11). The summed E-state index contributed by atoms with van der Waals surface area (Å²) >= 11 is 0. The average Bonchev–Trinajstić information content (AvgIpc) is 2.50. The Morgan fingerprint density at radius 1 is 1.85 bits per heavy atom. The van der Waals surface area contributed by atoms with Gasteiger partial charge >= 0.3 is 5.97 Å². The summed E-state index contributed by atoms with van der Waals surface area (Å²) in [5.74, 6) is -0.527. The molecule has 0 radical (unpaired) electrons. The van der Waals surface area contributed by atoms with E-state index in [9.17, 15) is 4.79 Å². The molecule has 0 aliphatic carbocycles. The van der Waals surface area contributed by atoms with Crippen LogP contribution in [0.3, 0.4) is 0 Å². The molecule has 0 aliphatic rings. The van der Waals surface area contributed by atoms with Crippen LogP contribution in [0.5, 0.6) is 0 Å². The van der Waals surface area contributed by atoms with Gasteiger partial charge in [-0.2, -0.15) is 5.10 Å². The Balaban J connectivity index is 2.89. The van der Waals surface area contributed by atoms with Crippen LogP contribution in [-0.2, 0) is 11.2 Å². The second kappa shape index (κ2) is 3.70. The topological polar surface area (TPSA) is 105 Å². The number of nitrogens with one attached hydrogen (secondary N) is 2. The van der Waals surface area contributed by atoms with Crippen LogP contribution in [0.15, 0.2) is 6.20 Å². The van der Waals surface area contributed by atoms with Crippen LogP contribution in [0.2, 0.25) is 0 Å². The van der Waals surface area contributed by atoms with Crippen molar-refractivity contribution in [2.45, 2.75) is 6.42 Å². The van der Waals surface area contributed by atoms with Gasteiger partial charge in [0.05, 0.1) is 19.1 Å². The zero-order valence-corrected chi connectivity index (χ0v) is 7.13. The lowest BCUT2D eigenvalue weighted by Crippen LogP contribution is -2.15. The van der Waals surface area contributed by atoms with Crippen LogP contribution in [0.1, 0.15) is 16.1 Å². The number of methoxy groups -OCH3 is 1. The van der Waals surface area contributed by atoms with Gasteiger partial charge in [-0.3, -0.25) is 10.5 Å². The van der Waals surface area contributed by atoms with Crippen molar-refractivity contribution in [3.63, 3.8) is 0 Å². The number of aromatic amines is 1. The van der Waals surface area contributed by atoms with E-state index in [1.165, 1.54) is 13.3 Å². The number of hydrogen-bond donors (Lipinski definition) is 3. The smallest absolute Gasteiger partial charge is 0.356 e. The number of hydrogen-bond acceptors (Lipinski definition) is 4. The third-order valence-electron chi connectivity index (χ3n) is 1.49. The van der Waals surface area contributed by atoms with Crippen LogP contribution in [0, 0.1) is 5.41 Å². The van der Waals surface area contributed by atoms with E-state index >= 15 is 0 Å². The minimum atomic E-state index is -0.506. The molecule has 1 aromatic rings. The quantitative estimate of drug-likeness (QED) is 0.338. The predicted octanol–water partition coefficient (Wildman–Crippen LogP) is -0.325. The van der Waals surface area contributed by atoms with E-state index in [1.54, 1.807) is 0 Å². The second-order valence-electron chi connectivity index (χ2n) is 2.46. The summed E-state index contributed by atoms with van der Waals surface area (Å²) in [4.78, 5) is 11.1. The zero-order chi connectivity index (χ0) is 9.84. The number of nitrogens with two attached hydrogens (primary N) is 1. The molecule has 0 spiro atoms. The highest BCUT2D eigenvalue weighted by atomic mass is 16.5. The highest BCUT2D eigenvalue weighted by Crippen LogP contribution is 2.06. The Morgan fingerprint density at radius 2 is 2.54 bits per heavy atom. The maximum absolute atomic E-state index is 11.1. The van der Waals surface area contributed by atoms with Gasteiger partial charge in [-0.15, -0.1) is 0 Å². The van der Waals surface area contributed by atoms with Crippen LogP contribution in [0.25, 0.3) is 0 Å². The first-order chi connectivity index (χ1) is 6.15. The Kier molecular flexibility index (Phi) is 2.63. The number of aromatic nitrogens is 2. The van der Waals surface area contributed by atoms with Crippen molar-refractivity contribution in [1.82, 2.24) is 10.2 Å². The van der Waals surface area contributed by atoms with E-state index < -0.39 is 5.97 Å². The summed E-state index contributed by atoms with van der Waals surface area (Å²) in [6, 6.07) is 0. The number of carbonyl (C=O) groups is 1. The monoisotopic (exact) mass is 182 g/mol. The normalized spacial score (nSPS) is 9.62. The van der Waals surface area contributed by atoms with Gasteiger partial charge in [-0.25, -0.2) is 4.79 Å². The largest absolute Gasteiger partial charge is 0.464 e. The van der Waals surface area contributed by atoms with E-state index in [2.05, 4.69) is 14.9 Å². The Labute approximate surface area is 74.6 Å². The molecule has 1 aromatic heterocycles. The average molecular weight is 182 g/mol. The van der Waals surface area contributed by atoms with Crippen molar-refractivity contribution in [3.05, 3.63) is 17.5 Å². The molecule has 70 valence electrons. The Bertz CT molecular complexity index is 331. The predicted molar refractivity (Wildman–Crippen MR) is 45.5 cm³/mol. The fraction of sp³-hybridized carbons (Fsp3) is 0.286. The highest BCUT2D eigenvalue weighted by Gasteiger charge is 2.14. The van der Waals surface area contributed by atoms with Gasteiger partial charge in [-0.05, 0) is 0 Å². The molecule has 6 nitrogen and oxygen atoms in total. The molecule has 0 atom stereocenters. The molecule has 0 unspecified atom stereocenters. The molecule has 0 fully saturated rings. The van der Waals surface area contributed by atoms with Crippen LogP contribution in [0.4, 0.5) is 0 Å². The number of ether oxygens (including phenoxy) is 1. The molecule has 1 rings (SSSR count). The first-order valence-electron chi connectivity index (χ1n) is 3.58. The summed E-state index contributed by atoms with van der Waals surface area (Å²) in [7, 11) is 1.28. The third-order valence-corrected chi connectivity index (χ3v) is 1.49. The Hall–Kier alpha value is -1.85. The van der Waals surface area contributed by atoms with E-state index in [0.29, 0.717) is 5.56 Å². The molecule has 1 heterocycles. The molecule has 0 bridgehead atoms. The van der Waals surface area contributed by atoms with Gasteiger partial charge in [0, 0.05) is 12.0 Å². The van der Waals surface area contributed by atoms with E-state index in [1.807, 2.05) is 0 Å². The molecule has 6 heteroatoms. The number of nitrogens with zero attached hydrogens (tertiary/aromatic N) is 1. The summed E-state index contributed by atoms with van der Waals surface area (Å²) in [5, 5.41) is 13.2. The maximum Gasteiger partial charge on any atom is 0.356 e. The summed E-state index contributed by atoms with van der Waals surface area (Å²) in [6.07, 6.45) is 1.65. The van der Waals surface area contributed by atoms with Crippen molar-refractivity contribution < 1.29 is 9.53 Å². The SMILES string of the molecule is COC(=O)c1[nH]ncc1CC(=N)N. The zero-order valence-electron chi connectivity index (χ0n) is 7.13. The van der Waals surface area contributed by atoms with E-state index in [-0.39, 0.29) is 18.0 Å². The molecule has 0 saturated carbocycles. The first kappa shape index (κ1) is 9.24. The first-order valence-corrected chi connectivity index (χ1v) is 3.58. The summed E-state index contributed by atoms with van der Waals surface area (Å²) < 4.78 is 4.50. The van der Waals surface area contributed by atoms with Gasteiger partial charge in [-0.1, -0.05) is 0 Å². The lowest BCUT2D eigenvalue weighted by atomic mass is 10.2. The maximum atomic E-state index is 11.1. The number of carbonyl (C=O) groups excluding carboxylic acids is 1. The molecule has 0 amide bonds. The van der Waals surface area contributed by atoms with Gasteiger partial charge in [0.1, 0.15) is 5.69 Å². The molecule has 0 aromatic carbocycles. The van der Waals surface area contributed by atoms with Crippen LogP contribution >= 0.6 is 0 Å². The third kappa shape index (κ3) is 2.05. The summed E-state index contributed by atoms with van der Waals surface area (Å²) in [5.41, 5.74) is 6.00. The minimum Gasteiger partial charge on any atom is -0.464 e. The van der Waals surface area contributed by atoms with Crippen LogP contribution < -0.4 is 5.73 Å². The molecule has 13 heavy (non-hydrogen) atoms. The fourth-order valence-electron chi connectivity index (χ4n) is 0.929. The van der Waals surface area contributed by atoms with Crippen molar-refractivity contribution in [2.24, 2.45) is 5.73 Å². The number of H-pyrrole nitrogens is 1. The van der Waals surface area contributed by atoms with Crippen molar-refractivity contribution >= 4 is 11.8 Å². The highest BCUT2D eigenvalue weighted by molar-refractivity contribution is 5.91. The lowest BCUT2D eigenvalue weighted by molar-refractivity contribution is 0.0593. The van der Waals surface area contributed by atoms with Gasteiger partial charge in [0.2, 0.25) is 0 Å². The van der Waals surface area contributed by atoms with E-state index in [4.69, 9.17) is 11.1 Å².